The summed E-state index contributed by atoms with van der Waals surface area (Å²) in [6, 6.07) is 5.59. The SMILES string of the molecule is [2H]C([2H])(C1CCC(F)(F)CC1)n1cc(-c2cccnc2)c2ncc(-c3c(C)noc3C)cc21. The first-order valence-electron chi connectivity index (χ1n) is 11.4. The van der Waals surface area contributed by atoms with Crippen molar-refractivity contribution in [1.29, 1.82) is 0 Å². The van der Waals surface area contributed by atoms with E-state index in [2.05, 4.69) is 10.1 Å². The molecule has 7 heteroatoms. The topological polar surface area (TPSA) is 56.7 Å². The third kappa shape index (κ3) is 3.73. The number of aryl methyl sites for hydroxylation is 2. The van der Waals surface area contributed by atoms with Gasteiger partial charge in [-0.25, -0.2) is 8.78 Å². The third-order valence-electron chi connectivity index (χ3n) is 5.97. The normalized spacial score (nSPS) is 18.2. The molecular weight excluding hydrogens is 398 g/mol. The van der Waals surface area contributed by atoms with Crippen LogP contribution in [0.25, 0.3) is 33.3 Å². The Morgan fingerprint density at radius 2 is 2.03 bits per heavy atom. The van der Waals surface area contributed by atoms with Crippen molar-refractivity contribution < 1.29 is 16.0 Å². The van der Waals surface area contributed by atoms with Gasteiger partial charge in [0.1, 0.15) is 5.76 Å². The van der Waals surface area contributed by atoms with Crippen molar-refractivity contribution >= 4 is 11.0 Å². The summed E-state index contributed by atoms with van der Waals surface area (Å²) in [7, 11) is 0. The van der Waals surface area contributed by atoms with E-state index in [0.29, 0.717) is 16.8 Å². The molecule has 1 fully saturated rings. The summed E-state index contributed by atoms with van der Waals surface area (Å²) in [5.41, 5.74) is 5.08. The summed E-state index contributed by atoms with van der Waals surface area (Å²) in [5, 5.41) is 4.02. The maximum atomic E-state index is 13.8. The second-order valence-electron chi connectivity index (χ2n) is 8.20. The monoisotopic (exact) mass is 424 g/mol. The minimum Gasteiger partial charge on any atom is -0.361 e. The summed E-state index contributed by atoms with van der Waals surface area (Å²) in [6.07, 6.45) is 6.50. The number of hydrogen-bond donors (Lipinski definition) is 0. The highest BCUT2D eigenvalue weighted by Crippen LogP contribution is 2.39. The van der Waals surface area contributed by atoms with E-state index in [9.17, 15) is 8.78 Å². The Hall–Kier alpha value is -3.09. The molecule has 0 amide bonds. The van der Waals surface area contributed by atoms with Crippen LogP contribution in [0.3, 0.4) is 0 Å². The molecule has 0 unspecified atom stereocenters. The molecule has 4 aromatic rings. The highest BCUT2D eigenvalue weighted by atomic mass is 19.3. The van der Waals surface area contributed by atoms with Crippen molar-refractivity contribution in [1.82, 2.24) is 19.7 Å². The van der Waals surface area contributed by atoms with E-state index in [1.54, 1.807) is 29.4 Å². The molecule has 1 saturated carbocycles. The number of aromatic nitrogens is 4. The quantitative estimate of drug-likeness (QED) is 0.392. The fourth-order valence-electron chi connectivity index (χ4n) is 4.34. The zero-order valence-electron chi connectivity index (χ0n) is 19.4. The maximum Gasteiger partial charge on any atom is 0.248 e. The van der Waals surface area contributed by atoms with Crippen molar-refractivity contribution in [3.63, 3.8) is 0 Å². The molecule has 0 saturated heterocycles. The molecule has 5 nitrogen and oxygen atoms in total. The summed E-state index contributed by atoms with van der Waals surface area (Å²) in [6.45, 7) is 1.80. The number of fused-ring (bicyclic) bond motifs is 1. The lowest BCUT2D eigenvalue weighted by molar-refractivity contribution is -0.0472. The molecule has 1 aliphatic carbocycles. The highest BCUT2D eigenvalue weighted by molar-refractivity contribution is 5.94. The van der Waals surface area contributed by atoms with Gasteiger partial charge in [0.2, 0.25) is 5.92 Å². The zero-order valence-corrected chi connectivity index (χ0v) is 17.4. The van der Waals surface area contributed by atoms with E-state index in [1.165, 1.54) is 0 Å². The number of hydrogen-bond acceptors (Lipinski definition) is 4. The second-order valence-corrected chi connectivity index (χ2v) is 8.20. The van der Waals surface area contributed by atoms with Gasteiger partial charge in [0, 0.05) is 66.4 Å². The minimum absolute atomic E-state index is 0.124. The van der Waals surface area contributed by atoms with Crippen LogP contribution in [0.15, 0.2) is 47.5 Å². The first-order valence-corrected chi connectivity index (χ1v) is 10.4. The number of rotatable bonds is 4. The Bertz CT molecular complexity index is 1290. The van der Waals surface area contributed by atoms with Crippen LogP contribution in [0.2, 0.25) is 0 Å². The number of nitrogens with zero attached hydrogens (tertiary/aromatic N) is 4. The van der Waals surface area contributed by atoms with Gasteiger partial charge >= 0.3 is 0 Å². The van der Waals surface area contributed by atoms with Crippen LogP contribution >= 0.6 is 0 Å². The molecular formula is C24H24F2N4O. The van der Waals surface area contributed by atoms with Gasteiger partial charge in [0.25, 0.3) is 0 Å². The lowest BCUT2D eigenvalue weighted by Crippen LogP contribution is -2.26. The largest absolute Gasteiger partial charge is 0.361 e. The van der Waals surface area contributed by atoms with E-state index in [1.807, 2.05) is 32.0 Å². The molecule has 0 aliphatic heterocycles. The van der Waals surface area contributed by atoms with Crippen molar-refractivity contribution in [2.75, 3.05) is 0 Å². The molecule has 31 heavy (non-hydrogen) atoms. The van der Waals surface area contributed by atoms with Crippen LogP contribution in [0.5, 0.6) is 0 Å². The lowest BCUT2D eigenvalue weighted by Gasteiger charge is -2.28. The summed E-state index contributed by atoms with van der Waals surface area (Å²) in [5.74, 6) is -2.60. The predicted octanol–water partition coefficient (Wildman–Crippen LogP) is 6.20. The van der Waals surface area contributed by atoms with Gasteiger partial charge in [-0.1, -0.05) is 11.2 Å². The second kappa shape index (κ2) is 7.55. The van der Waals surface area contributed by atoms with Gasteiger partial charge in [-0.2, -0.15) is 0 Å². The van der Waals surface area contributed by atoms with Gasteiger partial charge < -0.3 is 9.09 Å². The standard InChI is InChI=1S/C24H24F2N4O/c1-15-22(16(2)31-29-15)19-10-21-23(28-12-19)20(18-4-3-9-27-11-18)14-30(21)13-17-5-7-24(25,26)8-6-17/h3-4,9-12,14,17H,5-8,13H2,1-2H3/i13D2. The fraction of sp³-hybridized carbons (Fsp3) is 0.375. The molecule has 4 heterocycles. The first-order chi connectivity index (χ1) is 15.7. The molecule has 160 valence electrons. The molecule has 0 N–H and O–H groups in total. The minimum atomic E-state index is -2.72. The average molecular weight is 424 g/mol. The van der Waals surface area contributed by atoms with Gasteiger partial charge in [-0.15, -0.1) is 0 Å². The Kier molecular flexibility index (Phi) is 4.28. The summed E-state index contributed by atoms with van der Waals surface area (Å²) < 4.78 is 52.4. The number of alkyl halides is 2. The van der Waals surface area contributed by atoms with Crippen molar-refractivity contribution in [2.24, 2.45) is 5.92 Å². The molecule has 1 aliphatic rings. The van der Waals surface area contributed by atoms with Crippen molar-refractivity contribution in [2.45, 2.75) is 52.0 Å². The Balaban J connectivity index is 1.69. The van der Waals surface area contributed by atoms with E-state index in [4.69, 9.17) is 12.2 Å². The van der Waals surface area contributed by atoms with Gasteiger partial charge in [-0.3, -0.25) is 9.97 Å². The Labute approximate surface area is 181 Å². The predicted molar refractivity (Wildman–Crippen MR) is 115 cm³/mol. The molecule has 0 spiro atoms. The van der Waals surface area contributed by atoms with Crippen LogP contribution in [0.1, 0.15) is 39.9 Å². The Morgan fingerprint density at radius 3 is 2.71 bits per heavy atom. The molecule has 0 bridgehead atoms. The van der Waals surface area contributed by atoms with E-state index < -0.39 is 18.3 Å². The van der Waals surface area contributed by atoms with Crippen LogP contribution < -0.4 is 0 Å². The van der Waals surface area contributed by atoms with Gasteiger partial charge in [0.15, 0.2) is 0 Å². The van der Waals surface area contributed by atoms with E-state index in [0.717, 1.165) is 27.9 Å². The van der Waals surface area contributed by atoms with Gasteiger partial charge in [0.05, 0.1) is 19.5 Å². The number of pyridine rings is 2. The number of halogens is 2. The van der Waals surface area contributed by atoms with Crippen LogP contribution in [-0.2, 0) is 6.50 Å². The van der Waals surface area contributed by atoms with Crippen LogP contribution in [0, 0.1) is 19.8 Å². The maximum absolute atomic E-state index is 13.8. The van der Waals surface area contributed by atoms with Crippen LogP contribution in [-0.4, -0.2) is 25.6 Å². The first kappa shape index (κ1) is 17.6. The zero-order chi connectivity index (χ0) is 23.4. The van der Waals surface area contributed by atoms with E-state index in [-0.39, 0.29) is 25.7 Å². The van der Waals surface area contributed by atoms with Crippen molar-refractivity contribution in [3.8, 4) is 22.3 Å². The van der Waals surface area contributed by atoms with Crippen molar-refractivity contribution in [3.05, 3.63) is 54.4 Å². The van der Waals surface area contributed by atoms with Gasteiger partial charge in [-0.05, 0) is 44.7 Å². The lowest BCUT2D eigenvalue weighted by atomic mass is 9.87. The highest BCUT2D eigenvalue weighted by Gasteiger charge is 2.35. The Morgan fingerprint density at radius 1 is 1.23 bits per heavy atom. The van der Waals surface area contributed by atoms with Crippen LogP contribution in [0.4, 0.5) is 8.78 Å². The summed E-state index contributed by atoms with van der Waals surface area (Å²) >= 11 is 0. The average Bonchev–Trinajstić information content (AvgIpc) is 3.33. The molecule has 0 radical (unpaired) electrons. The fourth-order valence-corrected chi connectivity index (χ4v) is 4.34. The molecule has 5 rings (SSSR count). The third-order valence-corrected chi connectivity index (χ3v) is 5.97. The smallest absolute Gasteiger partial charge is 0.248 e. The summed E-state index contributed by atoms with van der Waals surface area (Å²) in [4.78, 5) is 8.89. The molecule has 0 aromatic carbocycles. The molecule has 4 aromatic heterocycles. The molecule has 0 atom stereocenters. The van der Waals surface area contributed by atoms with E-state index >= 15 is 0 Å².